The van der Waals surface area contributed by atoms with E-state index in [1.807, 2.05) is 78.9 Å². The van der Waals surface area contributed by atoms with Crippen molar-refractivity contribution in [3.8, 4) is 22.6 Å². The van der Waals surface area contributed by atoms with E-state index in [1.54, 1.807) is 0 Å². The van der Waals surface area contributed by atoms with Crippen molar-refractivity contribution in [2.75, 3.05) is 0 Å². The molecule has 25 heavy (non-hydrogen) atoms. The molecule has 5 rings (SSSR count). The van der Waals surface area contributed by atoms with Gasteiger partial charge in [-0.25, -0.2) is 0 Å². The van der Waals surface area contributed by atoms with Gasteiger partial charge in [0.1, 0.15) is 11.5 Å². The first-order valence-electron chi connectivity index (χ1n) is 8.26. The average molecular weight is 322 g/mol. The van der Waals surface area contributed by atoms with E-state index in [-0.39, 0.29) is 5.78 Å². The van der Waals surface area contributed by atoms with Crippen molar-refractivity contribution in [2.24, 2.45) is 0 Å². The van der Waals surface area contributed by atoms with Crippen LogP contribution < -0.4 is 4.74 Å². The van der Waals surface area contributed by atoms with Crippen LogP contribution in [-0.4, -0.2) is 5.78 Å². The number of rotatable bonds is 2. The van der Waals surface area contributed by atoms with Crippen LogP contribution in [0.2, 0.25) is 0 Å². The molecular formula is C23H14O2. The molecule has 118 valence electrons. The predicted octanol–water partition coefficient (Wildman–Crippen LogP) is 5.84. The highest BCUT2D eigenvalue weighted by Crippen LogP contribution is 2.43. The van der Waals surface area contributed by atoms with Gasteiger partial charge in [-0.05, 0) is 35.4 Å². The van der Waals surface area contributed by atoms with E-state index < -0.39 is 0 Å². The molecule has 0 heterocycles. The summed E-state index contributed by atoms with van der Waals surface area (Å²) in [6.07, 6.45) is 0. The summed E-state index contributed by atoms with van der Waals surface area (Å²) in [4.78, 5) is 12.9. The fourth-order valence-electron chi connectivity index (χ4n) is 3.56. The van der Waals surface area contributed by atoms with Gasteiger partial charge in [0.15, 0.2) is 5.78 Å². The number of carbonyl (C=O) groups excluding carboxylic acids is 1. The first-order valence-corrected chi connectivity index (χ1v) is 8.26. The number of fused-ring (bicyclic) bond motifs is 2. The second-order valence-corrected chi connectivity index (χ2v) is 6.13. The first-order chi connectivity index (χ1) is 12.3. The molecule has 0 radical (unpaired) electrons. The third-order valence-electron chi connectivity index (χ3n) is 4.68. The maximum Gasteiger partial charge on any atom is 0.194 e. The minimum absolute atomic E-state index is 0.0746. The van der Waals surface area contributed by atoms with Crippen LogP contribution >= 0.6 is 0 Å². The molecule has 4 aromatic rings. The lowest BCUT2D eigenvalue weighted by atomic mass is 9.83. The van der Waals surface area contributed by atoms with Gasteiger partial charge < -0.3 is 4.74 Å². The second-order valence-electron chi connectivity index (χ2n) is 6.13. The molecule has 0 saturated carbocycles. The van der Waals surface area contributed by atoms with Gasteiger partial charge in [-0.1, -0.05) is 60.7 Å². The number of ketones is 1. The minimum atomic E-state index is 0.0746. The van der Waals surface area contributed by atoms with Gasteiger partial charge in [-0.3, -0.25) is 4.79 Å². The van der Waals surface area contributed by atoms with Gasteiger partial charge in [0.05, 0.1) is 0 Å². The molecule has 1 aliphatic rings. The fourth-order valence-corrected chi connectivity index (χ4v) is 3.56. The Morgan fingerprint density at radius 2 is 1.28 bits per heavy atom. The molecule has 0 bridgehead atoms. The largest absolute Gasteiger partial charge is 0.457 e. The monoisotopic (exact) mass is 322 g/mol. The summed E-state index contributed by atoms with van der Waals surface area (Å²) in [7, 11) is 0. The second kappa shape index (κ2) is 5.32. The Balaban J connectivity index is 1.79. The molecule has 2 nitrogen and oxygen atoms in total. The third kappa shape index (κ3) is 2.08. The molecule has 0 N–H and O–H groups in total. The summed E-state index contributed by atoms with van der Waals surface area (Å²) in [5.41, 5.74) is 3.58. The summed E-state index contributed by atoms with van der Waals surface area (Å²) in [6, 6.07) is 27.4. The van der Waals surface area contributed by atoms with E-state index in [0.29, 0.717) is 0 Å². The molecule has 0 aliphatic heterocycles. The molecule has 1 aliphatic carbocycles. The minimum Gasteiger partial charge on any atom is -0.457 e. The van der Waals surface area contributed by atoms with Crippen molar-refractivity contribution >= 4 is 16.6 Å². The number of benzene rings is 4. The zero-order valence-corrected chi connectivity index (χ0v) is 13.4. The van der Waals surface area contributed by atoms with Crippen LogP contribution in [0.15, 0.2) is 84.9 Å². The molecule has 0 amide bonds. The van der Waals surface area contributed by atoms with E-state index in [1.165, 1.54) is 0 Å². The molecule has 0 spiro atoms. The first kappa shape index (κ1) is 14.0. The summed E-state index contributed by atoms with van der Waals surface area (Å²) in [5, 5.41) is 1.93. The summed E-state index contributed by atoms with van der Waals surface area (Å²) in [6.45, 7) is 0. The van der Waals surface area contributed by atoms with Crippen LogP contribution in [0, 0.1) is 0 Å². The molecule has 0 atom stereocenters. The highest BCUT2D eigenvalue weighted by atomic mass is 16.5. The van der Waals surface area contributed by atoms with E-state index in [0.717, 1.165) is 44.5 Å². The lowest BCUT2D eigenvalue weighted by molar-refractivity contribution is 0.104. The Labute approximate surface area is 145 Å². The maximum absolute atomic E-state index is 12.9. The lowest BCUT2D eigenvalue weighted by Crippen LogP contribution is -2.09. The Morgan fingerprint density at radius 3 is 2.12 bits per heavy atom. The number of carbonyl (C=O) groups is 1. The topological polar surface area (TPSA) is 26.3 Å². The van der Waals surface area contributed by atoms with Crippen molar-refractivity contribution in [3.05, 3.63) is 96.1 Å². The summed E-state index contributed by atoms with van der Waals surface area (Å²) < 4.78 is 6.08. The van der Waals surface area contributed by atoms with Crippen LogP contribution in [0.25, 0.3) is 21.9 Å². The maximum atomic E-state index is 12.9. The lowest BCUT2D eigenvalue weighted by Gasteiger charge is -2.21. The summed E-state index contributed by atoms with van der Waals surface area (Å²) in [5.74, 6) is 1.62. The molecule has 0 unspecified atom stereocenters. The van der Waals surface area contributed by atoms with Gasteiger partial charge >= 0.3 is 0 Å². The van der Waals surface area contributed by atoms with Crippen LogP contribution in [0.1, 0.15) is 15.9 Å². The van der Waals surface area contributed by atoms with E-state index in [4.69, 9.17) is 4.74 Å². The van der Waals surface area contributed by atoms with Crippen molar-refractivity contribution in [1.82, 2.24) is 0 Å². The van der Waals surface area contributed by atoms with Gasteiger partial charge in [0, 0.05) is 21.9 Å². The van der Waals surface area contributed by atoms with Crippen molar-refractivity contribution in [1.29, 1.82) is 0 Å². The number of ether oxygens (including phenoxy) is 1. The molecule has 4 aromatic carbocycles. The van der Waals surface area contributed by atoms with Crippen LogP contribution in [-0.2, 0) is 0 Å². The zero-order valence-electron chi connectivity index (χ0n) is 13.4. The van der Waals surface area contributed by atoms with Crippen LogP contribution in [0.3, 0.4) is 0 Å². The highest BCUT2D eigenvalue weighted by molar-refractivity contribution is 6.26. The molecular weight excluding hydrogens is 308 g/mol. The third-order valence-corrected chi connectivity index (χ3v) is 4.68. The predicted molar refractivity (Wildman–Crippen MR) is 99.3 cm³/mol. The molecule has 0 aromatic heterocycles. The van der Waals surface area contributed by atoms with Crippen molar-refractivity contribution in [2.45, 2.75) is 0 Å². The van der Waals surface area contributed by atoms with E-state index in [2.05, 4.69) is 6.07 Å². The Morgan fingerprint density at radius 1 is 0.560 bits per heavy atom. The normalized spacial score (nSPS) is 12.1. The summed E-state index contributed by atoms with van der Waals surface area (Å²) >= 11 is 0. The zero-order chi connectivity index (χ0) is 16.8. The van der Waals surface area contributed by atoms with Gasteiger partial charge in [0.2, 0.25) is 0 Å². The number of hydrogen-bond acceptors (Lipinski definition) is 2. The standard InChI is InChI=1S/C23H14O2/c24-23-18-10-5-4-9-16(18)17-13-14-21(25-15-7-2-1-3-8-15)19-11-6-12-20(23)22(17)19/h1-14H. The SMILES string of the molecule is O=C1c2ccccc2-c2ccc(Oc3ccccc3)c3cccc1c23. The van der Waals surface area contributed by atoms with E-state index >= 15 is 0 Å². The highest BCUT2D eigenvalue weighted by Gasteiger charge is 2.25. The molecule has 2 heteroatoms. The number of hydrogen-bond donors (Lipinski definition) is 0. The van der Waals surface area contributed by atoms with Gasteiger partial charge in [-0.2, -0.15) is 0 Å². The van der Waals surface area contributed by atoms with Crippen molar-refractivity contribution in [3.63, 3.8) is 0 Å². The Kier molecular flexibility index (Phi) is 2.98. The average Bonchev–Trinajstić information content (AvgIpc) is 2.68. The van der Waals surface area contributed by atoms with Gasteiger partial charge in [0.25, 0.3) is 0 Å². The fraction of sp³-hybridized carbons (Fsp3) is 0. The van der Waals surface area contributed by atoms with Crippen LogP contribution in [0.4, 0.5) is 0 Å². The number of para-hydroxylation sites is 1. The Hall–Kier alpha value is -3.39. The quantitative estimate of drug-likeness (QED) is 0.408. The van der Waals surface area contributed by atoms with Crippen LogP contribution in [0.5, 0.6) is 11.5 Å². The van der Waals surface area contributed by atoms with Crippen molar-refractivity contribution < 1.29 is 9.53 Å². The van der Waals surface area contributed by atoms with E-state index in [9.17, 15) is 4.79 Å². The molecule has 0 saturated heterocycles. The Bertz CT molecular complexity index is 1130. The molecule has 0 fully saturated rings. The van der Waals surface area contributed by atoms with Gasteiger partial charge in [-0.15, -0.1) is 0 Å². The smallest absolute Gasteiger partial charge is 0.194 e.